The molecule has 0 bridgehead atoms. The molecule has 1 aromatic carbocycles. The maximum absolute atomic E-state index is 12.1. The second kappa shape index (κ2) is 12.9. The first-order chi connectivity index (χ1) is 12.9. The van der Waals surface area contributed by atoms with Gasteiger partial charge in [0, 0.05) is 12.2 Å². The highest BCUT2D eigenvalue weighted by atomic mass is 16.4. The lowest BCUT2D eigenvalue weighted by Crippen LogP contribution is -2.35. The summed E-state index contributed by atoms with van der Waals surface area (Å²) in [6.45, 7) is 8.05. The quantitative estimate of drug-likeness (QED) is 0.398. The van der Waals surface area contributed by atoms with Gasteiger partial charge in [0.1, 0.15) is 5.92 Å². The zero-order chi connectivity index (χ0) is 20.8. The maximum Gasteiger partial charge on any atom is 0.328 e. The Labute approximate surface area is 157 Å². The summed E-state index contributed by atoms with van der Waals surface area (Å²) in [5, 5.41) is 17.0. The van der Waals surface area contributed by atoms with Gasteiger partial charge in [0.25, 0.3) is 11.8 Å². The number of carbonyl (C=O) groups is 4. The third kappa shape index (κ3) is 8.48. The van der Waals surface area contributed by atoms with Gasteiger partial charge in [-0.2, -0.15) is 0 Å². The highest BCUT2D eigenvalue weighted by Gasteiger charge is 2.39. The Hall–Kier alpha value is -3.42. The Morgan fingerprint density at radius 3 is 2.07 bits per heavy atom. The Kier molecular flexibility index (Phi) is 11.2. The van der Waals surface area contributed by atoms with Gasteiger partial charge in [-0.1, -0.05) is 38.0 Å². The molecular formula is C19H24N2O6. The van der Waals surface area contributed by atoms with Crippen molar-refractivity contribution in [2.75, 3.05) is 5.01 Å². The van der Waals surface area contributed by atoms with Gasteiger partial charge in [0.2, 0.25) is 0 Å². The van der Waals surface area contributed by atoms with Gasteiger partial charge in [-0.15, -0.1) is 13.2 Å². The van der Waals surface area contributed by atoms with E-state index in [-0.39, 0.29) is 11.8 Å². The number of rotatable bonds is 6. The Morgan fingerprint density at radius 1 is 1.11 bits per heavy atom. The molecule has 27 heavy (non-hydrogen) atoms. The summed E-state index contributed by atoms with van der Waals surface area (Å²) >= 11 is 0. The molecular weight excluding hydrogens is 352 g/mol. The van der Waals surface area contributed by atoms with Gasteiger partial charge in [-0.3, -0.25) is 15.0 Å². The van der Waals surface area contributed by atoms with Gasteiger partial charge in [0.05, 0.1) is 5.69 Å². The van der Waals surface area contributed by atoms with Crippen molar-refractivity contribution in [2.24, 2.45) is 5.92 Å². The van der Waals surface area contributed by atoms with Crippen molar-refractivity contribution in [3.8, 4) is 0 Å². The average molecular weight is 376 g/mol. The Balaban J connectivity index is 0.000000574. The Morgan fingerprint density at radius 2 is 1.63 bits per heavy atom. The number of hydrogen-bond acceptors (Lipinski definition) is 4. The van der Waals surface area contributed by atoms with Gasteiger partial charge in [-0.05, 0) is 18.6 Å². The van der Waals surface area contributed by atoms with E-state index in [4.69, 9.17) is 10.2 Å². The molecule has 146 valence electrons. The maximum atomic E-state index is 12.1. The summed E-state index contributed by atoms with van der Waals surface area (Å²) in [5.74, 6) is -3.36. The van der Waals surface area contributed by atoms with E-state index >= 15 is 0 Å². The van der Waals surface area contributed by atoms with Crippen LogP contribution in [0.4, 0.5) is 5.69 Å². The van der Waals surface area contributed by atoms with Crippen LogP contribution < -0.4 is 10.4 Å². The lowest BCUT2D eigenvalue weighted by molar-refractivity contribution is -0.134. The van der Waals surface area contributed by atoms with E-state index in [0.717, 1.165) is 12.8 Å². The van der Waals surface area contributed by atoms with E-state index < -0.39 is 17.9 Å². The number of aliphatic carboxylic acids is 2. The number of carboxylic acid groups (broad SMARTS) is 2. The fraction of sp³-hybridized carbons (Fsp3) is 0.263. The van der Waals surface area contributed by atoms with Gasteiger partial charge >= 0.3 is 11.9 Å². The number of nitrogens with one attached hydrogen (secondary N) is 1. The zero-order valence-electron chi connectivity index (χ0n) is 15.1. The molecule has 1 aromatic rings. The molecule has 0 saturated carbocycles. The van der Waals surface area contributed by atoms with E-state index in [2.05, 4.69) is 18.6 Å². The second-order valence-electron chi connectivity index (χ2n) is 5.19. The number of benzene rings is 1. The normalized spacial score (nSPS) is 15.3. The van der Waals surface area contributed by atoms with E-state index in [1.165, 1.54) is 5.01 Å². The summed E-state index contributed by atoms with van der Waals surface area (Å²) in [6.07, 6.45) is 3.63. The van der Waals surface area contributed by atoms with Gasteiger partial charge in [0.15, 0.2) is 0 Å². The average Bonchev–Trinajstić information content (AvgIpc) is 2.95. The number of amides is 2. The summed E-state index contributed by atoms with van der Waals surface area (Å²) in [5.41, 5.74) is 3.34. The third-order valence-electron chi connectivity index (χ3n) is 3.29. The van der Waals surface area contributed by atoms with E-state index in [1.54, 1.807) is 12.1 Å². The highest BCUT2D eigenvalue weighted by molar-refractivity contribution is 6.14. The number of anilines is 1. The summed E-state index contributed by atoms with van der Waals surface area (Å²) in [7, 11) is 0. The van der Waals surface area contributed by atoms with Crippen molar-refractivity contribution < 1.29 is 29.4 Å². The molecule has 0 aromatic heterocycles. The van der Waals surface area contributed by atoms with Crippen LogP contribution in [-0.4, -0.2) is 34.0 Å². The molecule has 8 heteroatoms. The lowest BCUT2D eigenvalue weighted by Gasteiger charge is -2.14. The van der Waals surface area contributed by atoms with Crippen LogP contribution in [0.3, 0.4) is 0 Å². The van der Waals surface area contributed by atoms with Crippen LogP contribution in [0.25, 0.3) is 0 Å². The third-order valence-corrected chi connectivity index (χ3v) is 3.29. The smallest absolute Gasteiger partial charge is 0.328 e. The van der Waals surface area contributed by atoms with Gasteiger partial charge in [-0.25, -0.2) is 14.6 Å². The largest absolute Gasteiger partial charge is 0.478 e. The van der Waals surface area contributed by atoms with Crippen molar-refractivity contribution in [3.63, 3.8) is 0 Å². The standard InChI is InChI=1S/C13H16N2O2.C4H4O4.C2H4/c1-2-3-9-11-12(16)14-15(13(11)17)10-7-5-4-6-8-10;5-3(6)1-2-4(7)8;1-2/h4-8,11H,2-3,9H2,1H3,(H,14,16);1-2H,(H,5,6)(H,7,8);1-2H2/b;2-1-;. The molecule has 1 aliphatic heterocycles. The summed E-state index contributed by atoms with van der Waals surface area (Å²) < 4.78 is 0. The fourth-order valence-corrected chi connectivity index (χ4v) is 2.09. The second-order valence-corrected chi connectivity index (χ2v) is 5.19. The highest BCUT2D eigenvalue weighted by Crippen LogP contribution is 2.22. The van der Waals surface area contributed by atoms with Gasteiger partial charge < -0.3 is 10.2 Å². The number of hydrogen-bond donors (Lipinski definition) is 3. The van der Waals surface area contributed by atoms with Crippen molar-refractivity contribution in [2.45, 2.75) is 26.2 Å². The van der Waals surface area contributed by atoms with Crippen LogP contribution in [-0.2, 0) is 19.2 Å². The minimum Gasteiger partial charge on any atom is -0.478 e. The predicted molar refractivity (Wildman–Crippen MR) is 101 cm³/mol. The fourth-order valence-electron chi connectivity index (χ4n) is 2.09. The van der Waals surface area contributed by atoms with Crippen molar-refractivity contribution >= 4 is 29.4 Å². The number of unbranched alkanes of at least 4 members (excludes halogenated alkanes) is 1. The number of nitrogens with zero attached hydrogens (tertiary/aromatic N) is 1. The molecule has 8 nitrogen and oxygen atoms in total. The number of carbonyl (C=O) groups excluding carboxylic acids is 2. The minimum absolute atomic E-state index is 0.144. The summed E-state index contributed by atoms with van der Waals surface area (Å²) in [6, 6.07) is 9.17. The molecule has 0 radical (unpaired) electrons. The SMILES string of the molecule is C=C.CCCCC1C(=O)NN(c2ccccc2)C1=O.O=C(O)/C=C\C(=O)O. The van der Waals surface area contributed by atoms with Crippen LogP contribution in [0.15, 0.2) is 55.6 Å². The summed E-state index contributed by atoms with van der Waals surface area (Å²) in [4.78, 5) is 42.9. The topological polar surface area (TPSA) is 124 Å². The van der Waals surface area contributed by atoms with Crippen LogP contribution in [0, 0.1) is 5.92 Å². The Bertz CT molecular complexity index is 656. The number of hydrazine groups is 1. The number of para-hydroxylation sites is 1. The van der Waals surface area contributed by atoms with Crippen molar-refractivity contribution in [3.05, 3.63) is 55.6 Å². The van der Waals surface area contributed by atoms with E-state index in [1.807, 2.05) is 25.1 Å². The zero-order valence-corrected chi connectivity index (χ0v) is 15.1. The predicted octanol–water partition coefficient (Wildman–Crippen LogP) is 2.38. The molecule has 1 unspecified atom stereocenters. The van der Waals surface area contributed by atoms with E-state index in [0.29, 0.717) is 24.3 Å². The van der Waals surface area contributed by atoms with Crippen LogP contribution in [0.1, 0.15) is 26.2 Å². The molecule has 0 aliphatic carbocycles. The van der Waals surface area contributed by atoms with Crippen molar-refractivity contribution in [1.82, 2.24) is 5.43 Å². The molecule has 3 N–H and O–H groups in total. The van der Waals surface area contributed by atoms with Crippen molar-refractivity contribution in [1.29, 1.82) is 0 Å². The number of carboxylic acids is 2. The van der Waals surface area contributed by atoms with Crippen LogP contribution in [0.5, 0.6) is 0 Å². The van der Waals surface area contributed by atoms with Crippen LogP contribution >= 0.6 is 0 Å². The molecule has 0 spiro atoms. The monoisotopic (exact) mass is 376 g/mol. The first kappa shape index (κ1) is 23.6. The molecule has 1 fully saturated rings. The lowest BCUT2D eigenvalue weighted by atomic mass is 10.0. The molecule has 1 saturated heterocycles. The molecule has 2 amide bonds. The molecule has 1 heterocycles. The van der Waals surface area contributed by atoms with Crippen LogP contribution in [0.2, 0.25) is 0 Å². The first-order valence-corrected chi connectivity index (χ1v) is 8.20. The minimum atomic E-state index is -1.26. The molecule has 1 atom stereocenters. The molecule has 2 rings (SSSR count). The van der Waals surface area contributed by atoms with E-state index in [9.17, 15) is 19.2 Å². The first-order valence-electron chi connectivity index (χ1n) is 8.20. The molecule has 1 aliphatic rings.